The first kappa shape index (κ1) is 14.4. The Bertz CT molecular complexity index is 214. The van der Waals surface area contributed by atoms with Gasteiger partial charge in [-0.25, -0.2) is 0 Å². The van der Waals surface area contributed by atoms with Gasteiger partial charge in [-0.1, -0.05) is 27.7 Å². The molecule has 0 bridgehead atoms. The lowest BCUT2D eigenvalue weighted by atomic mass is 9.88. The molecule has 1 N–H and O–H groups in total. The average Bonchev–Trinajstić information content (AvgIpc) is 2.00. The first-order valence-corrected chi connectivity index (χ1v) is 5.64. The summed E-state index contributed by atoms with van der Waals surface area (Å²) in [6, 6.07) is 0. The first-order chi connectivity index (χ1) is 6.70. The number of nitrogens with zero attached hydrogens (tertiary/aromatic N) is 1. The summed E-state index contributed by atoms with van der Waals surface area (Å²) in [6.07, 6.45) is 0.686. The largest absolute Gasteiger partial charge is 0.480 e. The number of hydrogen-bond donors (Lipinski definition) is 1. The third kappa shape index (κ3) is 4.20. The molecular formula is C12H25NO2. The molecule has 0 radical (unpaired) electrons. The Morgan fingerprint density at radius 3 is 2.00 bits per heavy atom. The van der Waals surface area contributed by atoms with E-state index >= 15 is 0 Å². The number of carboxylic acid groups (broad SMARTS) is 1. The molecule has 0 spiro atoms. The summed E-state index contributed by atoms with van der Waals surface area (Å²) in [5.41, 5.74) is -0.738. The Labute approximate surface area is 93.5 Å². The fraction of sp³-hybridized carbons (Fsp3) is 0.917. The van der Waals surface area contributed by atoms with Crippen molar-refractivity contribution in [2.24, 2.45) is 11.8 Å². The van der Waals surface area contributed by atoms with Crippen LogP contribution in [0.2, 0.25) is 0 Å². The van der Waals surface area contributed by atoms with Crippen LogP contribution in [0.25, 0.3) is 0 Å². The van der Waals surface area contributed by atoms with Gasteiger partial charge in [-0.2, -0.15) is 0 Å². The fourth-order valence-electron chi connectivity index (χ4n) is 1.95. The van der Waals surface area contributed by atoms with Gasteiger partial charge in [0.15, 0.2) is 0 Å². The molecule has 3 nitrogen and oxygen atoms in total. The van der Waals surface area contributed by atoms with E-state index in [4.69, 9.17) is 0 Å². The van der Waals surface area contributed by atoms with Gasteiger partial charge in [-0.3, -0.25) is 9.69 Å². The molecule has 0 aliphatic carbocycles. The van der Waals surface area contributed by atoms with Crippen LogP contribution in [0.3, 0.4) is 0 Å². The summed E-state index contributed by atoms with van der Waals surface area (Å²) >= 11 is 0. The second kappa shape index (κ2) is 5.50. The summed E-state index contributed by atoms with van der Waals surface area (Å²) in [7, 11) is 1.90. The predicted octanol–water partition coefficient (Wildman–Crippen LogP) is 2.46. The van der Waals surface area contributed by atoms with Gasteiger partial charge in [0, 0.05) is 6.54 Å². The van der Waals surface area contributed by atoms with Crippen molar-refractivity contribution < 1.29 is 9.90 Å². The summed E-state index contributed by atoms with van der Waals surface area (Å²) in [6.45, 7) is 11.0. The van der Waals surface area contributed by atoms with E-state index in [0.29, 0.717) is 18.3 Å². The number of aliphatic carboxylic acids is 1. The number of likely N-dealkylation sites (N-methyl/N-ethyl adjacent to an activating group) is 1. The second-order valence-electron chi connectivity index (χ2n) is 5.45. The van der Waals surface area contributed by atoms with Gasteiger partial charge >= 0.3 is 5.97 Å². The molecule has 0 aromatic heterocycles. The van der Waals surface area contributed by atoms with E-state index in [-0.39, 0.29) is 0 Å². The topological polar surface area (TPSA) is 40.5 Å². The fourth-order valence-corrected chi connectivity index (χ4v) is 1.95. The lowest BCUT2D eigenvalue weighted by Gasteiger charge is -2.37. The van der Waals surface area contributed by atoms with Crippen molar-refractivity contribution in [3.63, 3.8) is 0 Å². The maximum absolute atomic E-state index is 11.3. The van der Waals surface area contributed by atoms with Crippen molar-refractivity contribution in [1.29, 1.82) is 0 Å². The van der Waals surface area contributed by atoms with Gasteiger partial charge in [-0.15, -0.1) is 0 Å². The quantitative estimate of drug-likeness (QED) is 0.740. The van der Waals surface area contributed by atoms with Gasteiger partial charge in [0.05, 0.1) is 0 Å². The van der Waals surface area contributed by atoms with E-state index in [1.807, 2.05) is 18.9 Å². The van der Waals surface area contributed by atoms with E-state index in [1.165, 1.54) is 0 Å². The summed E-state index contributed by atoms with van der Waals surface area (Å²) in [5.74, 6) is 0.154. The van der Waals surface area contributed by atoms with Gasteiger partial charge in [0.2, 0.25) is 0 Å². The SMILES string of the molecule is CC(C)CN(C)C(C)(CC(C)C)C(=O)O. The van der Waals surface area contributed by atoms with Crippen LogP contribution in [-0.2, 0) is 4.79 Å². The normalized spacial score (nSPS) is 16.1. The zero-order chi connectivity index (χ0) is 12.2. The molecule has 0 aliphatic heterocycles. The van der Waals surface area contributed by atoms with Crippen LogP contribution in [0.1, 0.15) is 41.0 Å². The summed E-state index contributed by atoms with van der Waals surface area (Å²) < 4.78 is 0. The van der Waals surface area contributed by atoms with E-state index in [1.54, 1.807) is 0 Å². The van der Waals surface area contributed by atoms with E-state index in [0.717, 1.165) is 6.54 Å². The Morgan fingerprint density at radius 2 is 1.73 bits per heavy atom. The average molecular weight is 215 g/mol. The van der Waals surface area contributed by atoms with Gasteiger partial charge in [-0.05, 0) is 32.2 Å². The van der Waals surface area contributed by atoms with Gasteiger partial charge in [0.25, 0.3) is 0 Å². The minimum atomic E-state index is -0.738. The van der Waals surface area contributed by atoms with Crippen LogP contribution < -0.4 is 0 Å². The highest BCUT2D eigenvalue weighted by Gasteiger charge is 2.37. The first-order valence-electron chi connectivity index (χ1n) is 5.64. The highest BCUT2D eigenvalue weighted by Crippen LogP contribution is 2.24. The monoisotopic (exact) mass is 215 g/mol. The molecule has 90 valence electrons. The van der Waals surface area contributed by atoms with E-state index in [2.05, 4.69) is 27.7 Å². The lowest BCUT2D eigenvalue weighted by molar-refractivity contribution is -0.151. The molecule has 0 rings (SSSR count). The van der Waals surface area contributed by atoms with Crippen molar-refractivity contribution in [2.45, 2.75) is 46.6 Å². The highest BCUT2D eigenvalue weighted by atomic mass is 16.4. The maximum Gasteiger partial charge on any atom is 0.323 e. The third-order valence-electron chi connectivity index (χ3n) is 2.75. The van der Waals surface area contributed by atoms with Gasteiger partial charge in [0.1, 0.15) is 5.54 Å². The summed E-state index contributed by atoms with van der Waals surface area (Å²) in [4.78, 5) is 13.3. The number of rotatable bonds is 6. The lowest BCUT2D eigenvalue weighted by Crippen LogP contribution is -2.52. The Kier molecular flexibility index (Phi) is 5.29. The zero-order valence-electron chi connectivity index (χ0n) is 10.9. The van der Waals surface area contributed by atoms with Crippen molar-refractivity contribution in [1.82, 2.24) is 4.90 Å². The molecule has 0 heterocycles. The molecule has 0 saturated heterocycles. The Hall–Kier alpha value is -0.570. The van der Waals surface area contributed by atoms with Crippen molar-refractivity contribution in [2.75, 3.05) is 13.6 Å². The minimum Gasteiger partial charge on any atom is -0.480 e. The molecule has 0 amide bonds. The smallest absolute Gasteiger partial charge is 0.323 e. The summed E-state index contributed by atoms with van der Waals surface area (Å²) in [5, 5.41) is 9.32. The molecule has 3 heteroatoms. The minimum absolute atomic E-state index is 0.390. The molecule has 0 aliphatic rings. The van der Waals surface area contributed by atoms with Crippen LogP contribution in [0.4, 0.5) is 0 Å². The predicted molar refractivity (Wildman–Crippen MR) is 63.0 cm³/mol. The van der Waals surface area contributed by atoms with Crippen LogP contribution >= 0.6 is 0 Å². The molecule has 0 saturated carbocycles. The van der Waals surface area contributed by atoms with Crippen LogP contribution in [0.15, 0.2) is 0 Å². The standard InChI is InChI=1S/C12H25NO2/c1-9(2)7-12(5,11(14)15)13(6)8-10(3)4/h9-10H,7-8H2,1-6H3,(H,14,15). The Balaban J connectivity index is 4.69. The molecular weight excluding hydrogens is 190 g/mol. The second-order valence-corrected chi connectivity index (χ2v) is 5.45. The van der Waals surface area contributed by atoms with Crippen LogP contribution in [0.5, 0.6) is 0 Å². The van der Waals surface area contributed by atoms with Crippen LogP contribution in [0, 0.1) is 11.8 Å². The molecule has 1 atom stereocenters. The van der Waals surface area contributed by atoms with E-state index in [9.17, 15) is 9.90 Å². The van der Waals surface area contributed by atoms with Crippen molar-refractivity contribution >= 4 is 5.97 Å². The molecule has 0 aromatic rings. The van der Waals surface area contributed by atoms with Crippen molar-refractivity contribution in [3.8, 4) is 0 Å². The Morgan fingerprint density at radius 1 is 1.27 bits per heavy atom. The third-order valence-corrected chi connectivity index (χ3v) is 2.75. The molecule has 15 heavy (non-hydrogen) atoms. The molecule has 0 fully saturated rings. The molecule has 1 unspecified atom stereocenters. The molecule has 0 aromatic carbocycles. The van der Waals surface area contributed by atoms with Gasteiger partial charge < -0.3 is 5.11 Å². The van der Waals surface area contributed by atoms with E-state index < -0.39 is 11.5 Å². The zero-order valence-corrected chi connectivity index (χ0v) is 10.9. The maximum atomic E-state index is 11.3. The van der Waals surface area contributed by atoms with Crippen molar-refractivity contribution in [3.05, 3.63) is 0 Å². The number of hydrogen-bond acceptors (Lipinski definition) is 2. The number of carbonyl (C=O) groups is 1. The van der Waals surface area contributed by atoms with Crippen LogP contribution in [-0.4, -0.2) is 35.1 Å². The highest BCUT2D eigenvalue weighted by molar-refractivity contribution is 5.78. The number of carboxylic acids is 1.